The van der Waals surface area contributed by atoms with Crippen LogP contribution in [0, 0.1) is 0 Å². The van der Waals surface area contributed by atoms with Crippen molar-refractivity contribution in [3.8, 4) is 0 Å². The summed E-state index contributed by atoms with van der Waals surface area (Å²) in [6, 6.07) is -0.932. The number of carbonyl (C=O) groups is 2. The third-order valence-corrected chi connectivity index (χ3v) is 2.48. The van der Waals surface area contributed by atoms with Gasteiger partial charge in [0.1, 0.15) is 6.04 Å². The summed E-state index contributed by atoms with van der Waals surface area (Å²) in [7, 11) is 0. The van der Waals surface area contributed by atoms with Crippen molar-refractivity contribution in [2.45, 2.75) is 51.5 Å². The van der Waals surface area contributed by atoms with E-state index in [9.17, 15) is 14.8 Å². The summed E-state index contributed by atoms with van der Waals surface area (Å²) in [6.07, 6.45) is 3.70. The van der Waals surface area contributed by atoms with Crippen molar-refractivity contribution in [3.05, 3.63) is 0 Å². The Hall–Kier alpha value is -1.14. The molecule has 0 spiro atoms. The molecule has 0 aromatic carbocycles. The predicted molar refractivity (Wildman–Crippen MR) is 62.5 cm³/mol. The van der Waals surface area contributed by atoms with Crippen molar-refractivity contribution in [2.24, 2.45) is 5.73 Å². The zero-order valence-corrected chi connectivity index (χ0v) is 10.3. The molecule has 0 saturated heterocycles. The van der Waals surface area contributed by atoms with Crippen LogP contribution in [0.2, 0.25) is 0 Å². The van der Waals surface area contributed by atoms with Crippen LogP contribution in [0.5, 0.6) is 0 Å². The van der Waals surface area contributed by atoms with E-state index in [0.717, 1.165) is 19.3 Å². The third kappa shape index (κ3) is 7.70. The highest BCUT2D eigenvalue weighted by molar-refractivity contribution is 5.75. The second kappa shape index (κ2) is 8.95. The van der Waals surface area contributed by atoms with Crippen LogP contribution >= 0.6 is 0 Å². The Labute approximate surface area is 101 Å². The van der Waals surface area contributed by atoms with E-state index in [2.05, 4.69) is 0 Å². The molecule has 0 aliphatic heterocycles. The molecule has 0 saturated carbocycles. The fourth-order valence-electron chi connectivity index (χ4n) is 1.36. The summed E-state index contributed by atoms with van der Waals surface area (Å²) in [6.45, 7) is 2.17. The number of aliphatic carboxylic acids is 1. The fourth-order valence-corrected chi connectivity index (χ4v) is 1.36. The normalized spacial score (nSPS) is 12.2. The monoisotopic (exact) mass is 246 g/mol. The molecule has 0 heterocycles. The average molecular weight is 246 g/mol. The standard InChI is InChI=1S/C11H22N2O4/c1-2-3-4-7-10(14)13(17)8-5-6-9(12)11(15)16/h9,17H,2-8,12H2,1H3,(H,15,16)/t9-/m0/s1. The Balaban J connectivity index is 3.67. The highest BCUT2D eigenvalue weighted by atomic mass is 16.5. The van der Waals surface area contributed by atoms with Crippen LogP contribution in [0.25, 0.3) is 0 Å². The number of nitrogens with two attached hydrogens (primary N) is 1. The minimum atomic E-state index is -1.07. The van der Waals surface area contributed by atoms with Crippen LogP contribution in [0.3, 0.4) is 0 Å². The Bertz CT molecular complexity index is 246. The SMILES string of the molecule is CCCCCC(=O)N(O)CCC[C@H](N)C(=O)O. The van der Waals surface area contributed by atoms with Gasteiger partial charge in [0.05, 0.1) is 0 Å². The van der Waals surface area contributed by atoms with Gasteiger partial charge in [0, 0.05) is 13.0 Å². The topological polar surface area (TPSA) is 104 Å². The predicted octanol–water partition coefficient (Wildman–Crippen LogP) is 0.977. The molecule has 0 aliphatic carbocycles. The first kappa shape index (κ1) is 15.9. The molecule has 0 aliphatic rings. The minimum Gasteiger partial charge on any atom is -0.480 e. The Morgan fingerprint density at radius 1 is 1.29 bits per heavy atom. The summed E-state index contributed by atoms with van der Waals surface area (Å²) >= 11 is 0. The second-order valence-corrected chi connectivity index (χ2v) is 4.06. The van der Waals surface area contributed by atoms with Gasteiger partial charge in [-0.15, -0.1) is 0 Å². The van der Waals surface area contributed by atoms with E-state index in [-0.39, 0.29) is 18.9 Å². The summed E-state index contributed by atoms with van der Waals surface area (Å²) in [5, 5.41) is 18.6. The van der Waals surface area contributed by atoms with Crippen molar-refractivity contribution in [2.75, 3.05) is 6.54 Å². The van der Waals surface area contributed by atoms with Crippen LogP contribution in [-0.4, -0.2) is 39.8 Å². The lowest BCUT2D eigenvalue weighted by atomic mass is 10.1. The molecule has 0 radical (unpaired) electrons. The summed E-state index contributed by atoms with van der Waals surface area (Å²) in [5.74, 6) is -1.38. The molecule has 1 atom stereocenters. The molecule has 100 valence electrons. The highest BCUT2D eigenvalue weighted by Crippen LogP contribution is 2.03. The molecule has 1 amide bonds. The van der Waals surface area contributed by atoms with Crippen molar-refractivity contribution < 1.29 is 19.9 Å². The maximum absolute atomic E-state index is 11.4. The molecule has 17 heavy (non-hydrogen) atoms. The molecule has 6 nitrogen and oxygen atoms in total. The zero-order valence-electron chi connectivity index (χ0n) is 10.3. The number of hydrogen-bond acceptors (Lipinski definition) is 4. The maximum atomic E-state index is 11.4. The highest BCUT2D eigenvalue weighted by Gasteiger charge is 2.13. The lowest BCUT2D eigenvalue weighted by Crippen LogP contribution is -2.33. The van der Waals surface area contributed by atoms with Gasteiger partial charge < -0.3 is 10.8 Å². The van der Waals surface area contributed by atoms with Gasteiger partial charge in [-0.3, -0.25) is 14.8 Å². The average Bonchev–Trinajstić information content (AvgIpc) is 2.28. The molecule has 6 heteroatoms. The molecule has 0 bridgehead atoms. The molecule has 0 unspecified atom stereocenters. The minimum absolute atomic E-state index is 0.131. The van der Waals surface area contributed by atoms with Gasteiger partial charge in [0.15, 0.2) is 0 Å². The number of carbonyl (C=O) groups excluding carboxylic acids is 1. The molecular formula is C11H22N2O4. The molecular weight excluding hydrogens is 224 g/mol. The summed E-state index contributed by atoms with van der Waals surface area (Å²) in [5.41, 5.74) is 5.29. The maximum Gasteiger partial charge on any atom is 0.320 e. The number of carboxylic acid groups (broad SMARTS) is 1. The van der Waals surface area contributed by atoms with Gasteiger partial charge in [0.2, 0.25) is 5.91 Å². The Morgan fingerprint density at radius 3 is 2.47 bits per heavy atom. The smallest absolute Gasteiger partial charge is 0.320 e. The summed E-state index contributed by atoms with van der Waals surface area (Å²) in [4.78, 5) is 21.8. The van der Waals surface area contributed by atoms with Crippen molar-refractivity contribution in [1.29, 1.82) is 0 Å². The molecule has 0 aromatic rings. The first-order valence-corrected chi connectivity index (χ1v) is 5.96. The lowest BCUT2D eigenvalue weighted by molar-refractivity contribution is -0.165. The van der Waals surface area contributed by atoms with Crippen molar-refractivity contribution >= 4 is 11.9 Å². The van der Waals surface area contributed by atoms with Crippen molar-refractivity contribution in [1.82, 2.24) is 5.06 Å². The first-order valence-electron chi connectivity index (χ1n) is 5.96. The summed E-state index contributed by atoms with van der Waals surface area (Å²) < 4.78 is 0. The Morgan fingerprint density at radius 2 is 1.94 bits per heavy atom. The van der Waals surface area contributed by atoms with E-state index in [1.54, 1.807) is 0 Å². The van der Waals surface area contributed by atoms with E-state index in [1.165, 1.54) is 0 Å². The van der Waals surface area contributed by atoms with Gasteiger partial charge in [-0.2, -0.15) is 0 Å². The van der Waals surface area contributed by atoms with Crippen molar-refractivity contribution in [3.63, 3.8) is 0 Å². The number of amides is 1. The van der Waals surface area contributed by atoms with Gasteiger partial charge in [0.25, 0.3) is 0 Å². The number of hydrogen-bond donors (Lipinski definition) is 3. The van der Waals surface area contributed by atoms with Gasteiger partial charge in [-0.05, 0) is 19.3 Å². The first-order chi connectivity index (χ1) is 7.99. The van der Waals surface area contributed by atoms with E-state index in [4.69, 9.17) is 10.8 Å². The van der Waals surface area contributed by atoms with E-state index < -0.39 is 12.0 Å². The third-order valence-electron chi connectivity index (χ3n) is 2.48. The van der Waals surface area contributed by atoms with Crippen LogP contribution in [0.15, 0.2) is 0 Å². The molecule has 0 aromatic heterocycles. The number of carboxylic acids is 1. The van der Waals surface area contributed by atoms with Crippen LogP contribution in [-0.2, 0) is 9.59 Å². The number of unbranched alkanes of at least 4 members (excludes halogenated alkanes) is 2. The van der Waals surface area contributed by atoms with Crippen LogP contribution in [0.4, 0.5) is 0 Å². The molecule has 4 N–H and O–H groups in total. The fraction of sp³-hybridized carbons (Fsp3) is 0.818. The van der Waals surface area contributed by atoms with E-state index >= 15 is 0 Å². The van der Waals surface area contributed by atoms with E-state index in [1.807, 2.05) is 6.92 Å². The molecule has 0 fully saturated rings. The quantitative estimate of drug-likeness (QED) is 0.319. The lowest BCUT2D eigenvalue weighted by Gasteiger charge is -2.15. The number of hydroxylamine groups is 2. The largest absolute Gasteiger partial charge is 0.480 e. The second-order valence-electron chi connectivity index (χ2n) is 4.06. The molecule has 0 rings (SSSR count). The van der Waals surface area contributed by atoms with Crippen LogP contribution < -0.4 is 5.73 Å². The van der Waals surface area contributed by atoms with Gasteiger partial charge in [-0.25, -0.2) is 5.06 Å². The Kier molecular flexibility index (Phi) is 8.35. The number of rotatable bonds is 9. The number of nitrogens with zero attached hydrogens (tertiary/aromatic N) is 1. The zero-order chi connectivity index (χ0) is 13.3. The van der Waals surface area contributed by atoms with E-state index in [0.29, 0.717) is 17.9 Å². The van der Waals surface area contributed by atoms with Gasteiger partial charge in [-0.1, -0.05) is 19.8 Å². The van der Waals surface area contributed by atoms with Crippen LogP contribution in [0.1, 0.15) is 45.4 Å². The van der Waals surface area contributed by atoms with Gasteiger partial charge >= 0.3 is 5.97 Å².